The van der Waals surface area contributed by atoms with Crippen molar-refractivity contribution in [1.29, 1.82) is 0 Å². The lowest BCUT2D eigenvalue weighted by Gasteiger charge is -2.17. The Morgan fingerprint density at radius 1 is 1.00 bits per heavy atom. The SMILES string of the molecule is CCCc1noc(CN(Cc2ccco2)Cc2ccco2)n1. The summed E-state index contributed by atoms with van der Waals surface area (Å²) in [7, 11) is 0. The van der Waals surface area contributed by atoms with E-state index in [0.29, 0.717) is 25.5 Å². The molecule has 0 radical (unpaired) electrons. The van der Waals surface area contributed by atoms with Crippen LogP contribution >= 0.6 is 0 Å². The van der Waals surface area contributed by atoms with E-state index in [2.05, 4.69) is 22.0 Å². The van der Waals surface area contributed by atoms with Crippen molar-refractivity contribution >= 4 is 0 Å². The minimum Gasteiger partial charge on any atom is -0.468 e. The van der Waals surface area contributed by atoms with Crippen LogP contribution in [0.1, 0.15) is 36.6 Å². The van der Waals surface area contributed by atoms with Crippen LogP contribution in [0.2, 0.25) is 0 Å². The van der Waals surface area contributed by atoms with E-state index in [0.717, 1.165) is 30.2 Å². The highest BCUT2D eigenvalue weighted by atomic mass is 16.5. The molecule has 3 aromatic heterocycles. The smallest absolute Gasteiger partial charge is 0.240 e. The molecule has 3 heterocycles. The van der Waals surface area contributed by atoms with Gasteiger partial charge in [0.25, 0.3) is 0 Å². The van der Waals surface area contributed by atoms with Gasteiger partial charge in [0.15, 0.2) is 5.82 Å². The largest absolute Gasteiger partial charge is 0.468 e. The second kappa shape index (κ2) is 7.09. The summed E-state index contributed by atoms with van der Waals surface area (Å²) in [4.78, 5) is 6.56. The van der Waals surface area contributed by atoms with Crippen molar-refractivity contribution in [3.05, 3.63) is 60.0 Å². The number of nitrogens with zero attached hydrogens (tertiary/aromatic N) is 3. The van der Waals surface area contributed by atoms with Crippen LogP contribution in [0.15, 0.2) is 50.1 Å². The lowest BCUT2D eigenvalue weighted by Crippen LogP contribution is -2.22. The first-order valence-corrected chi connectivity index (χ1v) is 7.42. The third-order valence-corrected chi connectivity index (χ3v) is 3.26. The van der Waals surface area contributed by atoms with Gasteiger partial charge in [-0.25, -0.2) is 0 Å². The first-order valence-electron chi connectivity index (χ1n) is 7.42. The van der Waals surface area contributed by atoms with Crippen LogP contribution in [0.3, 0.4) is 0 Å². The Labute approximate surface area is 128 Å². The highest BCUT2D eigenvalue weighted by Crippen LogP contribution is 2.14. The van der Waals surface area contributed by atoms with Gasteiger partial charge in [-0.15, -0.1) is 0 Å². The molecule has 0 unspecified atom stereocenters. The van der Waals surface area contributed by atoms with Crippen molar-refractivity contribution in [1.82, 2.24) is 15.0 Å². The quantitative estimate of drug-likeness (QED) is 0.635. The molecule has 3 rings (SSSR count). The van der Waals surface area contributed by atoms with Gasteiger partial charge < -0.3 is 13.4 Å². The molecular weight excluding hydrogens is 282 g/mol. The molecular formula is C16H19N3O3. The standard InChI is InChI=1S/C16H19N3O3/c1-2-5-15-17-16(22-18-15)12-19(10-13-6-3-8-20-13)11-14-7-4-9-21-14/h3-4,6-9H,2,5,10-12H2,1H3. The summed E-state index contributed by atoms with van der Waals surface area (Å²) in [5.74, 6) is 3.15. The van der Waals surface area contributed by atoms with Crippen molar-refractivity contribution in [2.75, 3.05) is 0 Å². The van der Waals surface area contributed by atoms with Crippen LogP contribution in [-0.2, 0) is 26.1 Å². The topological polar surface area (TPSA) is 68.4 Å². The average Bonchev–Trinajstić information content (AvgIpc) is 3.22. The Bertz CT molecular complexity index is 622. The van der Waals surface area contributed by atoms with E-state index >= 15 is 0 Å². The molecule has 0 aliphatic rings. The number of rotatable bonds is 8. The van der Waals surface area contributed by atoms with E-state index in [4.69, 9.17) is 13.4 Å². The number of aromatic nitrogens is 2. The molecule has 0 amide bonds. The second-order valence-electron chi connectivity index (χ2n) is 5.16. The average molecular weight is 301 g/mol. The fourth-order valence-electron chi connectivity index (χ4n) is 2.28. The zero-order chi connectivity index (χ0) is 15.2. The van der Waals surface area contributed by atoms with E-state index in [1.54, 1.807) is 12.5 Å². The van der Waals surface area contributed by atoms with Crippen LogP contribution in [-0.4, -0.2) is 15.0 Å². The Balaban J connectivity index is 1.69. The van der Waals surface area contributed by atoms with Gasteiger partial charge in [-0.1, -0.05) is 12.1 Å². The summed E-state index contributed by atoms with van der Waals surface area (Å²) in [6.45, 7) is 3.95. The predicted molar refractivity (Wildman–Crippen MR) is 78.7 cm³/mol. The number of hydrogen-bond acceptors (Lipinski definition) is 6. The summed E-state index contributed by atoms with van der Waals surface area (Å²) in [5, 5.41) is 3.99. The molecule has 0 aliphatic heterocycles. The number of aryl methyl sites for hydroxylation is 1. The molecule has 0 aliphatic carbocycles. The zero-order valence-corrected chi connectivity index (χ0v) is 12.6. The highest BCUT2D eigenvalue weighted by molar-refractivity contribution is 5.01. The summed E-state index contributed by atoms with van der Waals surface area (Å²) in [5.41, 5.74) is 0. The van der Waals surface area contributed by atoms with Crippen LogP contribution in [0, 0.1) is 0 Å². The van der Waals surface area contributed by atoms with Gasteiger partial charge in [-0.2, -0.15) is 4.98 Å². The van der Waals surface area contributed by atoms with Crippen molar-refractivity contribution < 1.29 is 13.4 Å². The van der Waals surface area contributed by atoms with Crippen molar-refractivity contribution in [3.63, 3.8) is 0 Å². The summed E-state index contributed by atoms with van der Waals surface area (Å²) >= 11 is 0. The molecule has 0 atom stereocenters. The summed E-state index contributed by atoms with van der Waals surface area (Å²) in [6.07, 6.45) is 5.18. The molecule has 0 bridgehead atoms. The third-order valence-electron chi connectivity index (χ3n) is 3.26. The molecule has 0 saturated carbocycles. The fourth-order valence-corrected chi connectivity index (χ4v) is 2.28. The summed E-state index contributed by atoms with van der Waals surface area (Å²) in [6, 6.07) is 7.66. The molecule has 0 fully saturated rings. The molecule has 0 aromatic carbocycles. The molecule has 0 saturated heterocycles. The van der Waals surface area contributed by atoms with Gasteiger partial charge in [0.2, 0.25) is 5.89 Å². The molecule has 0 N–H and O–H groups in total. The summed E-state index contributed by atoms with van der Waals surface area (Å²) < 4.78 is 16.2. The Morgan fingerprint density at radius 2 is 1.68 bits per heavy atom. The maximum absolute atomic E-state index is 5.43. The molecule has 3 aromatic rings. The third kappa shape index (κ3) is 3.85. The van der Waals surface area contributed by atoms with Gasteiger partial charge in [0.05, 0.1) is 32.2 Å². The lowest BCUT2D eigenvalue weighted by molar-refractivity contribution is 0.183. The normalized spacial score (nSPS) is 11.4. The minimum absolute atomic E-state index is 0.554. The number of hydrogen-bond donors (Lipinski definition) is 0. The van der Waals surface area contributed by atoms with Crippen LogP contribution in [0.25, 0.3) is 0 Å². The monoisotopic (exact) mass is 301 g/mol. The van der Waals surface area contributed by atoms with Crippen LogP contribution in [0.5, 0.6) is 0 Å². The van der Waals surface area contributed by atoms with E-state index in [-0.39, 0.29) is 0 Å². The molecule has 6 nitrogen and oxygen atoms in total. The Morgan fingerprint density at radius 3 is 2.23 bits per heavy atom. The van der Waals surface area contributed by atoms with Crippen molar-refractivity contribution in [3.8, 4) is 0 Å². The second-order valence-corrected chi connectivity index (χ2v) is 5.16. The molecule has 116 valence electrons. The van der Waals surface area contributed by atoms with E-state index in [9.17, 15) is 0 Å². The zero-order valence-electron chi connectivity index (χ0n) is 12.6. The Hall–Kier alpha value is -2.34. The van der Waals surface area contributed by atoms with E-state index in [1.165, 1.54) is 0 Å². The van der Waals surface area contributed by atoms with E-state index in [1.807, 2.05) is 24.3 Å². The maximum Gasteiger partial charge on any atom is 0.240 e. The van der Waals surface area contributed by atoms with Crippen molar-refractivity contribution in [2.24, 2.45) is 0 Å². The number of furan rings is 2. The van der Waals surface area contributed by atoms with Gasteiger partial charge in [0.1, 0.15) is 11.5 Å². The van der Waals surface area contributed by atoms with Crippen LogP contribution < -0.4 is 0 Å². The van der Waals surface area contributed by atoms with Gasteiger partial charge in [0, 0.05) is 6.42 Å². The molecule has 0 spiro atoms. The molecule has 6 heteroatoms. The maximum atomic E-state index is 5.43. The van der Waals surface area contributed by atoms with Gasteiger partial charge >= 0.3 is 0 Å². The highest BCUT2D eigenvalue weighted by Gasteiger charge is 2.15. The lowest BCUT2D eigenvalue weighted by atomic mass is 10.3. The Kier molecular flexibility index (Phi) is 4.70. The molecule has 22 heavy (non-hydrogen) atoms. The van der Waals surface area contributed by atoms with Gasteiger partial charge in [-0.3, -0.25) is 4.90 Å². The first kappa shape index (κ1) is 14.6. The van der Waals surface area contributed by atoms with Crippen LogP contribution in [0.4, 0.5) is 0 Å². The van der Waals surface area contributed by atoms with E-state index < -0.39 is 0 Å². The minimum atomic E-state index is 0.554. The van der Waals surface area contributed by atoms with Crippen molar-refractivity contribution in [2.45, 2.75) is 39.4 Å². The first-order chi connectivity index (χ1) is 10.8. The fraction of sp³-hybridized carbons (Fsp3) is 0.375. The van der Waals surface area contributed by atoms with Gasteiger partial charge in [-0.05, 0) is 30.7 Å². The predicted octanol–water partition coefficient (Wildman–Crippen LogP) is 3.41.